The lowest BCUT2D eigenvalue weighted by Crippen LogP contribution is -2.51. The van der Waals surface area contributed by atoms with Gasteiger partial charge in [0.05, 0.1) is 5.69 Å². The molecule has 3 rings (SSSR count). The summed E-state index contributed by atoms with van der Waals surface area (Å²) in [4.78, 5) is 4.83. The Bertz CT molecular complexity index is 584. The quantitative estimate of drug-likeness (QED) is 0.906. The Balaban J connectivity index is 1.67. The Morgan fingerprint density at radius 1 is 1.27 bits per heavy atom. The molecule has 1 aromatic carbocycles. The SMILES string of the molecule is CN1CCN(Cc2cccc(-n3cccn3)c2)C[C@@H]1CCO. The van der Waals surface area contributed by atoms with Gasteiger partial charge >= 0.3 is 0 Å². The van der Waals surface area contributed by atoms with Crippen LogP contribution < -0.4 is 0 Å². The Labute approximate surface area is 131 Å². The van der Waals surface area contributed by atoms with Gasteiger partial charge in [-0.3, -0.25) is 4.90 Å². The van der Waals surface area contributed by atoms with Crippen molar-refractivity contribution in [2.75, 3.05) is 33.3 Å². The van der Waals surface area contributed by atoms with E-state index in [9.17, 15) is 5.11 Å². The minimum Gasteiger partial charge on any atom is -0.396 e. The van der Waals surface area contributed by atoms with E-state index in [0.717, 1.165) is 38.3 Å². The smallest absolute Gasteiger partial charge is 0.0648 e. The molecular formula is C17H24N4O. The van der Waals surface area contributed by atoms with E-state index in [2.05, 4.69) is 46.2 Å². The maximum absolute atomic E-state index is 9.20. The molecule has 1 atom stereocenters. The van der Waals surface area contributed by atoms with Crippen LogP contribution in [-0.4, -0.2) is 64.0 Å². The first-order valence-electron chi connectivity index (χ1n) is 7.88. The molecule has 1 aromatic heterocycles. The molecule has 1 N–H and O–H groups in total. The van der Waals surface area contributed by atoms with Crippen molar-refractivity contribution in [1.29, 1.82) is 0 Å². The molecule has 22 heavy (non-hydrogen) atoms. The van der Waals surface area contributed by atoms with E-state index in [1.807, 2.05) is 16.9 Å². The molecule has 2 heterocycles. The zero-order chi connectivity index (χ0) is 15.4. The summed E-state index contributed by atoms with van der Waals surface area (Å²) in [6.45, 7) is 4.36. The van der Waals surface area contributed by atoms with Gasteiger partial charge in [0.25, 0.3) is 0 Å². The second-order valence-electron chi connectivity index (χ2n) is 6.00. The third-order valence-electron chi connectivity index (χ3n) is 4.41. The third kappa shape index (κ3) is 3.55. The number of hydrogen-bond donors (Lipinski definition) is 1. The van der Waals surface area contributed by atoms with Crippen LogP contribution in [0.1, 0.15) is 12.0 Å². The summed E-state index contributed by atoms with van der Waals surface area (Å²) in [6, 6.07) is 10.9. The molecule has 5 nitrogen and oxygen atoms in total. The molecule has 1 aliphatic heterocycles. The van der Waals surface area contributed by atoms with E-state index >= 15 is 0 Å². The number of aromatic nitrogens is 2. The molecule has 0 saturated carbocycles. The lowest BCUT2D eigenvalue weighted by atomic mass is 10.1. The first-order valence-corrected chi connectivity index (χ1v) is 7.88. The van der Waals surface area contributed by atoms with Gasteiger partial charge in [0, 0.05) is 51.2 Å². The highest BCUT2D eigenvalue weighted by molar-refractivity contribution is 5.35. The lowest BCUT2D eigenvalue weighted by Gasteiger charge is -2.39. The van der Waals surface area contributed by atoms with Crippen LogP contribution in [0.2, 0.25) is 0 Å². The molecule has 0 aliphatic carbocycles. The minimum atomic E-state index is 0.262. The van der Waals surface area contributed by atoms with E-state index in [1.54, 1.807) is 6.20 Å². The van der Waals surface area contributed by atoms with Crippen molar-refractivity contribution in [2.24, 2.45) is 0 Å². The number of aliphatic hydroxyl groups is 1. The molecule has 0 bridgehead atoms. The minimum absolute atomic E-state index is 0.262. The zero-order valence-electron chi connectivity index (χ0n) is 13.1. The van der Waals surface area contributed by atoms with Crippen molar-refractivity contribution < 1.29 is 5.11 Å². The van der Waals surface area contributed by atoms with Gasteiger partial charge in [-0.1, -0.05) is 12.1 Å². The molecule has 1 fully saturated rings. The maximum atomic E-state index is 9.20. The van der Waals surface area contributed by atoms with Gasteiger partial charge in [-0.15, -0.1) is 0 Å². The number of rotatable bonds is 5. The lowest BCUT2D eigenvalue weighted by molar-refractivity contribution is 0.0743. The summed E-state index contributed by atoms with van der Waals surface area (Å²) >= 11 is 0. The predicted octanol–water partition coefficient (Wildman–Crippen LogP) is 1.37. The second kappa shape index (κ2) is 7.05. The Morgan fingerprint density at radius 2 is 2.18 bits per heavy atom. The van der Waals surface area contributed by atoms with Crippen LogP contribution in [0.3, 0.4) is 0 Å². The first-order chi connectivity index (χ1) is 10.8. The van der Waals surface area contributed by atoms with Gasteiger partial charge in [0.2, 0.25) is 0 Å². The van der Waals surface area contributed by atoms with Crippen LogP contribution in [0, 0.1) is 0 Å². The predicted molar refractivity (Wildman–Crippen MR) is 87.0 cm³/mol. The molecule has 5 heteroatoms. The van der Waals surface area contributed by atoms with Crippen molar-refractivity contribution in [2.45, 2.75) is 19.0 Å². The average Bonchev–Trinajstić information content (AvgIpc) is 3.06. The van der Waals surface area contributed by atoms with Crippen molar-refractivity contribution >= 4 is 0 Å². The highest BCUT2D eigenvalue weighted by Gasteiger charge is 2.23. The molecule has 1 aliphatic rings. The fraction of sp³-hybridized carbons (Fsp3) is 0.471. The Morgan fingerprint density at radius 3 is 2.95 bits per heavy atom. The zero-order valence-corrected chi connectivity index (χ0v) is 13.1. The van der Waals surface area contributed by atoms with Crippen molar-refractivity contribution in [1.82, 2.24) is 19.6 Å². The van der Waals surface area contributed by atoms with E-state index in [4.69, 9.17) is 0 Å². The third-order valence-corrected chi connectivity index (χ3v) is 4.41. The number of hydrogen-bond acceptors (Lipinski definition) is 4. The molecule has 2 aromatic rings. The fourth-order valence-electron chi connectivity index (χ4n) is 3.09. The van der Waals surface area contributed by atoms with Crippen LogP contribution in [0.4, 0.5) is 0 Å². The van der Waals surface area contributed by atoms with Crippen LogP contribution in [0.5, 0.6) is 0 Å². The normalized spacial score (nSPS) is 20.4. The fourth-order valence-corrected chi connectivity index (χ4v) is 3.09. The van der Waals surface area contributed by atoms with E-state index in [0.29, 0.717) is 6.04 Å². The topological polar surface area (TPSA) is 44.5 Å². The van der Waals surface area contributed by atoms with Gasteiger partial charge < -0.3 is 10.0 Å². The first kappa shape index (κ1) is 15.2. The van der Waals surface area contributed by atoms with E-state index < -0.39 is 0 Å². The van der Waals surface area contributed by atoms with Gasteiger partial charge in [0.15, 0.2) is 0 Å². The second-order valence-corrected chi connectivity index (χ2v) is 6.00. The molecule has 0 radical (unpaired) electrons. The number of benzene rings is 1. The molecule has 1 saturated heterocycles. The summed E-state index contributed by atoms with van der Waals surface area (Å²) in [5, 5.41) is 13.5. The van der Waals surface area contributed by atoms with Gasteiger partial charge in [0.1, 0.15) is 0 Å². The number of nitrogens with zero attached hydrogens (tertiary/aromatic N) is 4. The average molecular weight is 300 g/mol. The molecule has 0 spiro atoms. The number of piperazine rings is 1. The van der Waals surface area contributed by atoms with Crippen LogP contribution >= 0.6 is 0 Å². The summed E-state index contributed by atoms with van der Waals surface area (Å²) in [5.74, 6) is 0. The Kier molecular flexibility index (Phi) is 4.87. The largest absolute Gasteiger partial charge is 0.396 e. The van der Waals surface area contributed by atoms with Crippen LogP contribution in [-0.2, 0) is 6.54 Å². The van der Waals surface area contributed by atoms with Crippen LogP contribution in [0.25, 0.3) is 5.69 Å². The van der Waals surface area contributed by atoms with E-state index in [1.165, 1.54) is 5.56 Å². The molecule has 0 unspecified atom stereocenters. The van der Waals surface area contributed by atoms with Crippen molar-refractivity contribution in [3.05, 3.63) is 48.3 Å². The van der Waals surface area contributed by atoms with Crippen LogP contribution in [0.15, 0.2) is 42.7 Å². The summed E-state index contributed by atoms with van der Waals surface area (Å²) in [7, 11) is 2.15. The van der Waals surface area contributed by atoms with Gasteiger partial charge in [-0.25, -0.2) is 4.68 Å². The number of aliphatic hydroxyl groups excluding tert-OH is 1. The molecule has 118 valence electrons. The molecule has 0 amide bonds. The highest BCUT2D eigenvalue weighted by Crippen LogP contribution is 2.16. The van der Waals surface area contributed by atoms with Gasteiger partial charge in [-0.2, -0.15) is 5.10 Å². The standard InChI is InChI=1S/C17H24N4O/c1-19-9-10-20(14-17(19)6-11-22)13-15-4-2-5-16(12-15)21-8-3-7-18-21/h2-5,7-8,12,17,22H,6,9-11,13-14H2,1H3/t17-/m0/s1. The van der Waals surface area contributed by atoms with E-state index in [-0.39, 0.29) is 6.61 Å². The highest BCUT2D eigenvalue weighted by atomic mass is 16.3. The summed E-state index contributed by atoms with van der Waals surface area (Å²) in [6.07, 6.45) is 4.61. The Hall–Kier alpha value is -1.69. The molecular weight excluding hydrogens is 276 g/mol. The number of likely N-dealkylation sites (N-methyl/N-ethyl adjacent to an activating group) is 1. The van der Waals surface area contributed by atoms with Crippen molar-refractivity contribution in [3.8, 4) is 5.69 Å². The van der Waals surface area contributed by atoms with Gasteiger partial charge in [-0.05, 0) is 37.2 Å². The summed E-state index contributed by atoms with van der Waals surface area (Å²) in [5.41, 5.74) is 2.41. The van der Waals surface area contributed by atoms with Crippen molar-refractivity contribution in [3.63, 3.8) is 0 Å². The monoisotopic (exact) mass is 300 g/mol. The summed E-state index contributed by atoms with van der Waals surface area (Å²) < 4.78 is 1.89. The maximum Gasteiger partial charge on any atom is 0.0648 e.